The molecule has 3 rings (SSSR count). The molecule has 0 saturated carbocycles. The van der Waals surface area contributed by atoms with Gasteiger partial charge in [-0.2, -0.15) is 0 Å². The molecule has 148 valence electrons. The van der Waals surface area contributed by atoms with Gasteiger partial charge in [-0.3, -0.25) is 4.79 Å². The van der Waals surface area contributed by atoms with Crippen LogP contribution in [-0.2, 0) is 20.9 Å². The van der Waals surface area contributed by atoms with Crippen LogP contribution in [0.3, 0.4) is 0 Å². The molecular formula is C22H18ClNO5. The molecule has 0 aliphatic heterocycles. The van der Waals surface area contributed by atoms with E-state index in [1.54, 1.807) is 31.2 Å². The number of amides is 1. The molecule has 1 heterocycles. The van der Waals surface area contributed by atoms with Crippen LogP contribution in [0.1, 0.15) is 23.6 Å². The second-order valence-corrected chi connectivity index (χ2v) is 6.82. The smallest absolute Gasteiger partial charge is 0.355 e. The summed E-state index contributed by atoms with van der Waals surface area (Å²) >= 11 is 6.18. The highest BCUT2D eigenvalue weighted by Gasteiger charge is 2.15. The minimum Gasteiger partial charge on any atom is -0.456 e. The Labute approximate surface area is 171 Å². The number of halogens is 1. The highest BCUT2D eigenvalue weighted by atomic mass is 35.5. The third kappa shape index (κ3) is 5.12. The zero-order valence-electron chi connectivity index (χ0n) is 15.8. The lowest BCUT2D eigenvalue weighted by atomic mass is 10.1. The number of ether oxygens (including phenoxy) is 1. The van der Waals surface area contributed by atoms with Crippen LogP contribution in [0.25, 0.3) is 17.0 Å². The second kappa shape index (κ2) is 8.75. The minimum atomic E-state index is -0.733. The first-order valence-electron chi connectivity index (χ1n) is 8.78. The summed E-state index contributed by atoms with van der Waals surface area (Å²) in [6.07, 6.45) is 1.52. The number of carbonyl (C=O) groups is 2. The number of hydrogen-bond acceptors (Lipinski definition) is 5. The molecule has 2 aromatic carbocycles. The third-order valence-electron chi connectivity index (χ3n) is 4.11. The molecule has 1 aromatic heterocycles. The fraction of sp³-hybridized carbons (Fsp3) is 0.136. The van der Waals surface area contributed by atoms with E-state index >= 15 is 0 Å². The molecule has 1 amide bonds. The molecule has 29 heavy (non-hydrogen) atoms. The Morgan fingerprint density at radius 2 is 1.90 bits per heavy atom. The summed E-state index contributed by atoms with van der Waals surface area (Å²) in [5, 5.41) is 3.55. The number of aryl methyl sites for hydroxylation is 1. The van der Waals surface area contributed by atoms with E-state index in [0.29, 0.717) is 21.6 Å². The average Bonchev–Trinajstić information content (AvgIpc) is 2.67. The van der Waals surface area contributed by atoms with Gasteiger partial charge >= 0.3 is 11.6 Å². The summed E-state index contributed by atoms with van der Waals surface area (Å²) in [7, 11) is 0. The lowest BCUT2D eigenvalue weighted by Crippen LogP contribution is -2.26. The van der Waals surface area contributed by atoms with Crippen molar-refractivity contribution in [1.82, 2.24) is 5.32 Å². The Balaban J connectivity index is 1.88. The molecule has 3 aromatic rings. The highest BCUT2D eigenvalue weighted by molar-refractivity contribution is 6.32. The van der Waals surface area contributed by atoms with E-state index in [1.165, 1.54) is 19.1 Å². The standard InChI is InChI=1S/C22H18ClNO5/c1-13-8-20-17(11-18(13)23)16(10-21(26)29-20)12-28-22(27)19(24-14(2)25)9-15-6-4-3-5-7-15/h3-11H,12H2,1-2H3,(H,24,25)/b19-9-. The Hall–Kier alpha value is -3.38. The second-order valence-electron chi connectivity index (χ2n) is 6.41. The Morgan fingerprint density at radius 1 is 1.17 bits per heavy atom. The molecule has 0 bridgehead atoms. The molecule has 0 radical (unpaired) electrons. The van der Waals surface area contributed by atoms with Gasteiger partial charge in [-0.05, 0) is 36.3 Å². The van der Waals surface area contributed by atoms with Gasteiger partial charge in [0.1, 0.15) is 17.9 Å². The van der Waals surface area contributed by atoms with Crippen LogP contribution in [-0.4, -0.2) is 11.9 Å². The summed E-state index contributed by atoms with van der Waals surface area (Å²) < 4.78 is 10.6. The zero-order chi connectivity index (χ0) is 21.0. The molecule has 0 atom stereocenters. The average molecular weight is 412 g/mol. The van der Waals surface area contributed by atoms with E-state index in [4.69, 9.17) is 20.8 Å². The van der Waals surface area contributed by atoms with Crippen molar-refractivity contribution in [3.63, 3.8) is 0 Å². The lowest BCUT2D eigenvalue weighted by molar-refractivity contribution is -0.141. The fourth-order valence-electron chi connectivity index (χ4n) is 2.74. The van der Waals surface area contributed by atoms with Crippen molar-refractivity contribution < 1.29 is 18.7 Å². The lowest BCUT2D eigenvalue weighted by Gasteiger charge is -2.11. The first kappa shape index (κ1) is 20.4. The Bertz CT molecular complexity index is 1170. The van der Waals surface area contributed by atoms with Gasteiger partial charge in [0.15, 0.2) is 0 Å². The van der Waals surface area contributed by atoms with Crippen molar-refractivity contribution in [3.05, 3.63) is 86.4 Å². The van der Waals surface area contributed by atoms with Gasteiger partial charge in [0.25, 0.3) is 0 Å². The van der Waals surface area contributed by atoms with Gasteiger partial charge in [0.2, 0.25) is 5.91 Å². The van der Waals surface area contributed by atoms with Gasteiger partial charge in [0.05, 0.1) is 0 Å². The molecule has 1 N–H and O–H groups in total. The summed E-state index contributed by atoms with van der Waals surface area (Å²) in [5.41, 5.74) is 1.72. The Kier molecular flexibility index (Phi) is 6.14. The van der Waals surface area contributed by atoms with Crippen LogP contribution in [0.4, 0.5) is 0 Å². The summed E-state index contributed by atoms with van der Waals surface area (Å²) in [4.78, 5) is 35.9. The molecule has 0 fully saturated rings. The van der Waals surface area contributed by atoms with E-state index in [9.17, 15) is 14.4 Å². The first-order valence-corrected chi connectivity index (χ1v) is 9.15. The monoisotopic (exact) mass is 411 g/mol. The molecule has 7 heteroatoms. The van der Waals surface area contributed by atoms with Crippen molar-refractivity contribution in [2.45, 2.75) is 20.5 Å². The van der Waals surface area contributed by atoms with Gasteiger partial charge in [-0.1, -0.05) is 41.9 Å². The van der Waals surface area contributed by atoms with Crippen molar-refractivity contribution >= 4 is 40.5 Å². The number of nitrogens with one attached hydrogen (secondary N) is 1. The van der Waals surface area contributed by atoms with Crippen molar-refractivity contribution in [3.8, 4) is 0 Å². The predicted octanol–water partition coefficient (Wildman–Crippen LogP) is 3.98. The van der Waals surface area contributed by atoms with E-state index in [-0.39, 0.29) is 12.3 Å². The predicted molar refractivity (Wildman–Crippen MR) is 110 cm³/mol. The number of carbonyl (C=O) groups excluding carboxylic acids is 2. The maximum atomic E-state index is 12.6. The van der Waals surface area contributed by atoms with Crippen molar-refractivity contribution in [2.24, 2.45) is 0 Å². The van der Waals surface area contributed by atoms with Gasteiger partial charge in [0, 0.05) is 29.0 Å². The van der Waals surface area contributed by atoms with Crippen LogP contribution in [0.15, 0.2) is 63.4 Å². The maximum Gasteiger partial charge on any atom is 0.355 e. The van der Waals surface area contributed by atoms with Crippen LogP contribution < -0.4 is 10.9 Å². The first-order chi connectivity index (χ1) is 13.8. The minimum absolute atomic E-state index is 0.00940. The summed E-state index contributed by atoms with van der Waals surface area (Å²) in [6, 6.07) is 13.6. The SMILES string of the molecule is CC(=O)N/C(=C\c1ccccc1)C(=O)OCc1cc(=O)oc2cc(C)c(Cl)cc12. The molecule has 6 nitrogen and oxygen atoms in total. The van der Waals surface area contributed by atoms with E-state index < -0.39 is 17.5 Å². The third-order valence-corrected chi connectivity index (χ3v) is 4.52. The summed E-state index contributed by atoms with van der Waals surface area (Å²) in [5.74, 6) is -1.14. The van der Waals surface area contributed by atoms with Gasteiger partial charge in [-0.15, -0.1) is 0 Å². The Morgan fingerprint density at radius 3 is 2.59 bits per heavy atom. The molecule has 0 saturated heterocycles. The molecule has 0 unspecified atom stereocenters. The van der Waals surface area contributed by atoms with Crippen LogP contribution >= 0.6 is 11.6 Å². The van der Waals surface area contributed by atoms with E-state index in [2.05, 4.69) is 5.32 Å². The van der Waals surface area contributed by atoms with Crippen LogP contribution in [0.2, 0.25) is 5.02 Å². The van der Waals surface area contributed by atoms with Gasteiger partial charge < -0.3 is 14.5 Å². The number of fused-ring (bicyclic) bond motifs is 1. The van der Waals surface area contributed by atoms with Crippen molar-refractivity contribution in [1.29, 1.82) is 0 Å². The highest BCUT2D eigenvalue weighted by Crippen LogP contribution is 2.25. The number of rotatable bonds is 5. The molecule has 0 spiro atoms. The van der Waals surface area contributed by atoms with Crippen LogP contribution in [0.5, 0.6) is 0 Å². The number of esters is 1. The quantitative estimate of drug-likeness (QED) is 0.390. The normalized spacial score (nSPS) is 11.3. The number of hydrogen-bond donors (Lipinski definition) is 1. The zero-order valence-corrected chi connectivity index (χ0v) is 16.6. The maximum absolute atomic E-state index is 12.6. The fourth-order valence-corrected chi connectivity index (χ4v) is 2.90. The van der Waals surface area contributed by atoms with E-state index in [0.717, 1.165) is 11.1 Å². The largest absolute Gasteiger partial charge is 0.456 e. The topological polar surface area (TPSA) is 85.6 Å². The van der Waals surface area contributed by atoms with Crippen molar-refractivity contribution in [2.75, 3.05) is 0 Å². The summed E-state index contributed by atoms with van der Waals surface area (Å²) in [6.45, 7) is 2.90. The van der Waals surface area contributed by atoms with E-state index in [1.807, 2.05) is 18.2 Å². The molecular weight excluding hydrogens is 394 g/mol. The van der Waals surface area contributed by atoms with Crippen LogP contribution in [0, 0.1) is 6.92 Å². The molecule has 0 aliphatic rings. The molecule has 0 aliphatic carbocycles. The van der Waals surface area contributed by atoms with Gasteiger partial charge in [-0.25, -0.2) is 9.59 Å². The number of benzene rings is 2.